The molecule has 0 fully saturated rings. The summed E-state index contributed by atoms with van der Waals surface area (Å²) in [5, 5.41) is 18.5. The van der Waals surface area contributed by atoms with Crippen molar-refractivity contribution in [3.63, 3.8) is 0 Å². The lowest BCUT2D eigenvalue weighted by molar-refractivity contribution is 0.199. The van der Waals surface area contributed by atoms with Crippen molar-refractivity contribution in [2.45, 2.75) is 29.2 Å². The highest BCUT2D eigenvalue weighted by Gasteiger charge is 2.09. The van der Waals surface area contributed by atoms with E-state index in [1.165, 1.54) is 0 Å². The first-order valence-corrected chi connectivity index (χ1v) is 7.44. The number of aliphatic hydroxyl groups excluding tert-OH is 1. The average Bonchev–Trinajstić information content (AvgIpc) is 2.67. The van der Waals surface area contributed by atoms with Crippen LogP contribution in [0.1, 0.15) is 23.6 Å². The topological polar surface area (TPSA) is 46.0 Å². The van der Waals surface area contributed by atoms with E-state index in [9.17, 15) is 5.11 Å². The van der Waals surface area contributed by atoms with E-state index in [1.807, 2.05) is 25.1 Å². The molecule has 1 N–H and O–H groups in total. The maximum absolute atomic E-state index is 9.48. The van der Waals surface area contributed by atoms with Gasteiger partial charge in [-0.3, -0.25) is 0 Å². The van der Waals surface area contributed by atoms with Crippen LogP contribution >= 0.6 is 39.0 Å². The molecule has 2 aromatic rings. The van der Waals surface area contributed by atoms with Crippen molar-refractivity contribution in [1.82, 2.24) is 10.2 Å². The van der Waals surface area contributed by atoms with Gasteiger partial charge in [0.1, 0.15) is 5.01 Å². The monoisotopic (exact) mass is 330 g/mol. The summed E-state index contributed by atoms with van der Waals surface area (Å²) in [5.74, 6) is 0. The van der Waals surface area contributed by atoms with Crippen LogP contribution in [0.5, 0.6) is 0 Å². The maximum atomic E-state index is 9.48. The summed E-state index contributed by atoms with van der Waals surface area (Å²) in [5.41, 5.74) is 0.898. The molecule has 2 rings (SSSR count). The van der Waals surface area contributed by atoms with Gasteiger partial charge in [-0.05, 0) is 47.5 Å². The highest BCUT2D eigenvalue weighted by atomic mass is 79.9. The minimum atomic E-state index is -0.450. The third kappa shape index (κ3) is 3.28. The van der Waals surface area contributed by atoms with Crippen molar-refractivity contribution in [3.05, 3.63) is 33.2 Å². The van der Waals surface area contributed by atoms with E-state index in [0.717, 1.165) is 24.3 Å². The average molecular weight is 331 g/mol. The summed E-state index contributed by atoms with van der Waals surface area (Å²) in [7, 11) is 0. The van der Waals surface area contributed by atoms with Crippen molar-refractivity contribution in [1.29, 1.82) is 0 Å². The standard InChI is InChI=1S/C11H11BrN2OS2/c1-6(15)8-3-4-10(9(12)5-8)17-11-14-13-7(2)16-11/h3-6,15H,1-2H3/t6-/m1/s1. The van der Waals surface area contributed by atoms with Crippen LogP contribution in [0.4, 0.5) is 0 Å². The van der Waals surface area contributed by atoms with E-state index >= 15 is 0 Å². The predicted molar refractivity (Wildman–Crippen MR) is 73.5 cm³/mol. The Morgan fingerprint density at radius 2 is 2.18 bits per heavy atom. The molecule has 3 nitrogen and oxygen atoms in total. The SMILES string of the molecule is Cc1nnc(Sc2ccc([C@@H](C)O)cc2Br)s1. The van der Waals surface area contributed by atoms with Gasteiger partial charge in [-0.15, -0.1) is 10.2 Å². The minimum absolute atomic E-state index is 0.450. The lowest BCUT2D eigenvalue weighted by Gasteiger charge is -2.07. The maximum Gasteiger partial charge on any atom is 0.179 e. The lowest BCUT2D eigenvalue weighted by atomic mass is 10.1. The number of nitrogens with zero attached hydrogens (tertiary/aromatic N) is 2. The number of hydrogen-bond donors (Lipinski definition) is 1. The Bertz CT molecular complexity index is 528. The Labute approximate surface area is 116 Å². The summed E-state index contributed by atoms with van der Waals surface area (Å²) >= 11 is 6.65. The summed E-state index contributed by atoms with van der Waals surface area (Å²) in [6.45, 7) is 3.69. The first kappa shape index (κ1) is 13.0. The van der Waals surface area contributed by atoms with E-state index in [-0.39, 0.29) is 0 Å². The molecule has 0 spiro atoms. The quantitative estimate of drug-likeness (QED) is 0.929. The number of halogens is 1. The molecule has 1 heterocycles. The van der Waals surface area contributed by atoms with E-state index in [0.29, 0.717) is 0 Å². The minimum Gasteiger partial charge on any atom is -0.389 e. The highest BCUT2D eigenvalue weighted by Crippen LogP contribution is 2.36. The largest absolute Gasteiger partial charge is 0.389 e. The molecule has 0 amide bonds. The summed E-state index contributed by atoms with van der Waals surface area (Å²) in [6, 6.07) is 5.83. The summed E-state index contributed by atoms with van der Waals surface area (Å²) in [4.78, 5) is 1.07. The molecule has 1 aromatic carbocycles. The highest BCUT2D eigenvalue weighted by molar-refractivity contribution is 9.10. The van der Waals surface area contributed by atoms with Crippen molar-refractivity contribution < 1.29 is 5.11 Å². The molecule has 0 saturated heterocycles. The molecule has 0 saturated carbocycles. The van der Waals surface area contributed by atoms with Crippen LogP contribution in [0.25, 0.3) is 0 Å². The number of rotatable bonds is 3. The molecule has 6 heteroatoms. The smallest absolute Gasteiger partial charge is 0.179 e. The van der Waals surface area contributed by atoms with Gasteiger partial charge in [-0.25, -0.2) is 0 Å². The van der Waals surface area contributed by atoms with Gasteiger partial charge in [-0.2, -0.15) is 0 Å². The van der Waals surface area contributed by atoms with Crippen LogP contribution in [-0.4, -0.2) is 15.3 Å². The van der Waals surface area contributed by atoms with Crippen LogP contribution < -0.4 is 0 Å². The van der Waals surface area contributed by atoms with Crippen LogP contribution in [0.15, 0.2) is 31.9 Å². The fourth-order valence-electron chi connectivity index (χ4n) is 1.27. The van der Waals surface area contributed by atoms with Crippen molar-refractivity contribution in [2.75, 3.05) is 0 Å². The second kappa shape index (κ2) is 5.48. The third-order valence-electron chi connectivity index (χ3n) is 2.14. The molecule has 0 aliphatic rings. The summed E-state index contributed by atoms with van der Waals surface area (Å²) < 4.78 is 1.89. The molecule has 0 aliphatic heterocycles. The second-order valence-electron chi connectivity index (χ2n) is 3.55. The number of hydrogen-bond acceptors (Lipinski definition) is 5. The Morgan fingerprint density at radius 3 is 2.71 bits per heavy atom. The number of aryl methyl sites for hydroxylation is 1. The Hall–Kier alpha value is -0.430. The van der Waals surface area contributed by atoms with Crippen molar-refractivity contribution >= 4 is 39.0 Å². The number of benzene rings is 1. The molecule has 17 heavy (non-hydrogen) atoms. The zero-order valence-corrected chi connectivity index (χ0v) is 12.6. The van der Waals surface area contributed by atoms with E-state index in [2.05, 4.69) is 26.1 Å². The predicted octanol–water partition coefficient (Wildman–Crippen LogP) is 3.81. The molecule has 1 aromatic heterocycles. The first-order chi connectivity index (χ1) is 8.06. The van der Waals surface area contributed by atoms with Crippen molar-refractivity contribution in [2.24, 2.45) is 0 Å². The van der Waals surface area contributed by atoms with Gasteiger partial charge in [0.2, 0.25) is 0 Å². The zero-order chi connectivity index (χ0) is 12.4. The number of aromatic nitrogens is 2. The molecule has 0 unspecified atom stereocenters. The van der Waals surface area contributed by atoms with Gasteiger partial charge < -0.3 is 5.11 Å². The molecular weight excluding hydrogens is 320 g/mol. The van der Waals surface area contributed by atoms with Gasteiger partial charge in [0.05, 0.1) is 6.10 Å². The van der Waals surface area contributed by atoms with Gasteiger partial charge in [0.25, 0.3) is 0 Å². The lowest BCUT2D eigenvalue weighted by Crippen LogP contribution is -1.90. The molecule has 90 valence electrons. The van der Waals surface area contributed by atoms with E-state index in [1.54, 1.807) is 30.0 Å². The van der Waals surface area contributed by atoms with Crippen LogP contribution in [0, 0.1) is 6.92 Å². The fourth-order valence-corrected chi connectivity index (χ4v) is 3.69. The van der Waals surface area contributed by atoms with Gasteiger partial charge in [-0.1, -0.05) is 29.2 Å². The molecule has 1 atom stereocenters. The molecular formula is C11H11BrN2OS2. The van der Waals surface area contributed by atoms with Crippen molar-refractivity contribution in [3.8, 4) is 0 Å². The summed E-state index contributed by atoms with van der Waals surface area (Å²) in [6.07, 6.45) is -0.450. The van der Waals surface area contributed by atoms with Crippen LogP contribution in [0.2, 0.25) is 0 Å². The zero-order valence-electron chi connectivity index (χ0n) is 9.35. The van der Waals surface area contributed by atoms with E-state index < -0.39 is 6.10 Å². The molecule has 0 bridgehead atoms. The molecule has 0 aliphatic carbocycles. The number of aliphatic hydroxyl groups is 1. The van der Waals surface area contributed by atoms with Gasteiger partial charge >= 0.3 is 0 Å². The van der Waals surface area contributed by atoms with Gasteiger partial charge in [0.15, 0.2) is 4.34 Å². The third-order valence-corrected chi connectivity index (χ3v) is 5.03. The van der Waals surface area contributed by atoms with Gasteiger partial charge in [0, 0.05) is 9.37 Å². The Kier molecular flexibility index (Phi) is 4.19. The van der Waals surface area contributed by atoms with Crippen LogP contribution in [0.3, 0.4) is 0 Å². The normalized spacial score (nSPS) is 12.7. The molecule has 0 radical (unpaired) electrons. The second-order valence-corrected chi connectivity index (χ2v) is 6.88. The first-order valence-electron chi connectivity index (χ1n) is 5.01. The van der Waals surface area contributed by atoms with E-state index in [4.69, 9.17) is 0 Å². The van der Waals surface area contributed by atoms with Crippen LogP contribution in [-0.2, 0) is 0 Å². The Balaban J connectivity index is 2.22. The Morgan fingerprint density at radius 1 is 1.41 bits per heavy atom. The fraction of sp³-hybridized carbons (Fsp3) is 0.273.